The number of Topliss-reactive ketones (excluding diaryl/α,β-unsaturated/α-hetero) is 1. The van der Waals surface area contributed by atoms with Gasteiger partial charge in [0.2, 0.25) is 0 Å². The maximum atomic E-state index is 13.7. The summed E-state index contributed by atoms with van der Waals surface area (Å²) < 4.78 is 6.40. The first-order chi connectivity index (χ1) is 18.0. The smallest absolute Gasteiger partial charge is 0.324 e. The van der Waals surface area contributed by atoms with E-state index < -0.39 is 63.2 Å². The summed E-state index contributed by atoms with van der Waals surface area (Å²) in [6, 6.07) is 7.06. The fourth-order valence-corrected chi connectivity index (χ4v) is 8.30. The lowest BCUT2D eigenvalue weighted by Gasteiger charge is -2.50. The Labute approximate surface area is 231 Å². The third kappa shape index (κ3) is 3.62. The van der Waals surface area contributed by atoms with Gasteiger partial charge in [0.25, 0.3) is 0 Å². The highest BCUT2D eigenvalue weighted by Gasteiger charge is 2.83. The van der Waals surface area contributed by atoms with E-state index in [1.54, 1.807) is 13.0 Å². The fourth-order valence-electron chi connectivity index (χ4n) is 8.30. The first kappa shape index (κ1) is 28.2. The molecule has 2 fully saturated rings. The molecule has 0 unspecified atom stereocenters. The Morgan fingerprint density at radius 2 is 1.77 bits per heavy atom. The van der Waals surface area contributed by atoms with Gasteiger partial charge >= 0.3 is 5.97 Å². The van der Waals surface area contributed by atoms with Crippen molar-refractivity contribution in [3.8, 4) is 0 Å². The molecule has 5 rings (SSSR count). The highest BCUT2D eigenvalue weighted by Crippen LogP contribution is 2.76. The van der Waals surface area contributed by atoms with E-state index in [-0.39, 0.29) is 18.9 Å². The molecule has 4 aliphatic carbocycles. The van der Waals surface area contributed by atoms with Gasteiger partial charge in [0, 0.05) is 35.0 Å². The number of aliphatic hydroxyl groups is 3. The molecule has 0 radical (unpaired) electrons. The first-order valence-electron chi connectivity index (χ1n) is 14.0. The van der Waals surface area contributed by atoms with Crippen molar-refractivity contribution in [2.75, 3.05) is 6.61 Å². The number of ether oxygens (including phenoxy) is 1. The van der Waals surface area contributed by atoms with Crippen molar-refractivity contribution in [1.82, 2.24) is 0 Å². The molecule has 5 N–H and O–H groups in total. The van der Waals surface area contributed by atoms with Gasteiger partial charge in [0.1, 0.15) is 17.2 Å². The Morgan fingerprint density at radius 3 is 2.36 bits per heavy atom. The largest absolute Gasteiger partial charge is 0.457 e. The molecule has 212 valence electrons. The van der Waals surface area contributed by atoms with Crippen LogP contribution in [0, 0.1) is 36.0 Å². The quantitative estimate of drug-likeness (QED) is 0.335. The lowest BCUT2D eigenvalue weighted by atomic mass is 9.60. The number of aryl methyl sites for hydroxylation is 1. The molecule has 0 saturated heterocycles. The molecule has 0 aromatic heterocycles. The number of hydrogen-bond donors (Lipinski definition) is 4. The van der Waals surface area contributed by atoms with Gasteiger partial charge in [-0.3, -0.25) is 9.59 Å². The van der Waals surface area contributed by atoms with E-state index >= 15 is 0 Å². The SMILES string of the molecule is CC1=C[C@H]2[C@@]3(O)[C@H](C)C[C@]4(OC(=O)[C@@H](N)C(C)(C)c5ccc(C)cc5)[C@H]([C@@H]3C=C(CO)C[C@]2(O)C1=O)C4(C)C. The molecule has 4 aliphatic rings. The maximum absolute atomic E-state index is 13.7. The predicted molar refractivity (Wildman–Crippen MR) is 147 cm³/mol. The van der Waals surface area contributed by atoms with Crippen molar-refractivity contribution in [1.29, 1.82) is 0 Å². The van der Waals surface area contributed by atoms with Gasteiger partial charge < -0.3 is 25.8 Å². The minimum Gasteiger partial charge on any atom is -0.457 e. The van der Waals surface area contributed by atoms with Gasteiger partial charge in [-0.05, 0) is 42.9 Å². The van der Waals surface area contributed by atoms with Gasteiger partial charge in [-0.15, -0.1) is 0 Å². The fraction of sp³-hybridized carbons (Fsp3) is 0.625. The van der Waals surface area contributed by atoms with Crippen molar-refractivity contribution in [2.24, 2.45) is 34.8 Å². The molecule has 7 nitrogen and oxygen atoms in total. The number of fused-ring (bicyclic) bond motifs is 5. The zero-order valence-electron chi connectivity index (χ0n) is 24.1. The Kier molecular flexibility index (Phi) is 6.22. The highest BCUT2D eigenvalue weighted by atomic mass is 16.6. The molecule has 0 heterocycles. The number of esters is 1. The number of nitrogens with two attached hydrogens (primary N) is 1. The lowest BCUT2D eigenvalue weighted by molar-refractivity contribution is -0.188. The number of hydrogen-bond acceptors (Lipinski definition) is 7. The summed E-state index contributed by atoms with van der Waals surface area (Å²) >= 11 is 0. The number of ketones is 1. The molecule has 1 aromatic rings. The van der Waals surface area contributed by atoms with Crippen molar-refractivity contribution in [3.63, 3.8) is 0 Å². The van der Waals surface area contributed by atoms with E-state index in [0.717, 1.165) is 11.1 Å². The van der Waals surface area contributed by atoms with Crippen molar-refractivity contribution >= 4 is 11.8 Å². The van der Waals surface area contributed by atoms with Crippen LogP contribution in [-0.4, -0.2) is 56.5 Å². The van der Waals surface area contributed by atoms with Crippen LogP contribution in [0.15, 0.2) is 47.6 Å². The Morgan fingerprint density at radius 1 is 1.15 bits per heavy atom. The Balaban J connectivity index is 1.51. The normalized spacial score (nSPS) is 39.4. The summed E-state index contributed by atoms with van der Waals surface area (Å²) in [5, 5.41) is 34.3. The summed E-state index contributed by atoms with van der Waals surface area (Å²) in [7, 11) is 0. The van der Waals surface area contributed by atoms with Gasteiger partial charge in [0.05, 0.1) is 12.2 Å². The molecule has 0 amide bonds. The second kappa shape index (κ2) is 8.59. The van der Waals surface area contributed by atoms with Gasteiger partial charge in [0.15, 0.2) is 5.78 Å². The summed E-state index contributed by atoms with van der Waals surface area (Å²) in [6.45, 7) is 13.2. The van der Waals surface area contributed by atoms with Gasteiger partial charge in [-0.25, -0.2) is 0 Å². The average molecular weight is 538 g/mol. The minimum absolute atomic E-state index is 0.0398. The summed E-state index contributed by atoms with van der Waals surface area (Å²) in [5.74, 6) is -2.96. The van der Waals surface area contributed by atoms with E-state index in [0.29, 0.717) is 17.6 Å². The van der Waals surface area contributed by atoms with Gasteiger partial charge in [-0.2, -0.15) is 0 Å². The van der Waals surface area contributed by atoms with E-state index in [1.807, 2.05) is 71.9 Å². The van der Waals surface area contributed by atoms with Crippen LogP contribution in [0.25, 0.3) is 0 Å². The zero-order chi connectivity index (χ0) is 28.9. The Bertz CT molecular complexity index is 1280. The number of carbonyl (C=O) groups excluding carboxylic acids is 2. The standard InChI is InChI=1S/C32H43NO6/c1-17-8-10-21(11-9-17)28(4,5)25(33)27(36)39-31-14-19(3)32(38)22(24(31)29(31,6)7)13-20(16-34)15-30(37)23(32)12-18(2)26(30)35/h8-13,19,22-25,34,37-38H,14-16,33H2,1-7H3/t19-,22+,23-,24-,25-,30-,31+,32-/m1/s1. The second-order valence-corrected chi connectivity index (χ2v) is 13.8. The molecule has 1 aromatic carbocycles. The van der Waals surface area contributed by atoms with Crippen molar-refractivity contribution in [3.05, 3.63) is 58.7 Å². The molecule has 7 heteroatoms. The number of benzene rings is 1. The lowest BCUT2D eigenvalue weighted by Crippen LogP contribution is -2.61. The monoisotopic (exact) mass is 537 g/mol. The molecular formula is C32H43NO6. The molecule has 0 spiro atoms. The maximum Gasteiger partial charge on any atom is 0.324 e. The third-order valence-corrected chi connectivity index (χ3v) is 11.0. The molecule has 0 aliphatic heterocycles. The third-order valence-electron chi connectivity index (χ3n) is 11.0. The van der Waals surface area contributed by atoms with Crippen LogP contribution in [0.2, 0.25) is 0 Å². The number of rotatable bonds is 5. The molecule has 2 saturated carbocycles. The topological polar surface area (TPSA) is 130 Å². The summed E-state index contributed by atoms with van der Waals surface area (Å²) in [5.41, 5.74) is 4.25. The molecule has 8 atom stereocenters. The van der Waals surface area contributed by atoms with E-state index in [9.17, 15) is 24.9 Å². The van der Waals surface area contributed by atoms with Crippen LogP contribution in [0.4, 0.5) is 0 Å². The molecule has 0 bridgehead atoms. The van der Waals surface area contributed by atoms with Gasteiger partial charge in [-0.1, -0.05) is 76.6 Å². The first-order valence-corrected chi connectivity index (χ1v) is 14.0. The average Bonchev–Trinajstić information content (AvgIpc) is 3.27. The van der Waals surface area contributed by atoms with Crippen LogP contribution in [0.5, 0.6) is 0 Å². The van der Waals surface area contributed by atoms with Crippen LogP contribution in [0.3, 0.4) is 0 Å². The van der Waals surface area contributed by atoms with E-state index in [1.165, 1.54) is 0 Å². The zero-order valence-corrected chi connectivity index (χ0v) is 24.1. The van der Waals surface area contributed by atoms with Crippen LogP contribution in [-0.2, 0) is 19.7 Å². The highest BCUT2D eigenvalue weighted by molar-refractivity contribution is 6.04. The predicted octanol–water partition coefficient (Wildman–Crippen LogP) is 3.12. The molecule has 39 heavy (non-hydrogen) atoms. The van der Waals surface area contributed by atoms with Crippen molar-refractivity contribution < 1.29 is 29.6 Å². The second-order valence-electron chi connectivity index (χ2n) is 13.8. The number of carbonyl (C=O) groups is 2. The van der Waals surface area contributed by atoms with Crippen LogP contribution in [0.1, 0.15) is 65.5 Å². The Hall–Kier alpha value is -2.32. The van der Waals surface area contributed by atoms with Crippen molar-refractivity contribution in [2.45, 2.75) is 89.6 Å². The molecular weight excluding hydrogens is 494 g/mol. The summed E-state index contributed by atoms with van der Waals surface area (Å²) in [4.78, 5) is 26.8. The van der Waals surface area contributed by atoms with Crippen LogP contribution >= 0.6 is 0 Å². The van der Waals surface area contributed by atoms with E-state index in [2.05, 4.69) is 0 Å². The van der Waals surface area contributed by atoms with E-state index in [4.69, 9.17) is 10.5 Å². The number of aliphatic hydroxyl groups excluding tert-OH is 1. The summed E-state index contributed by atoms with van der Waals surface area (Å²) in [6.07, 6.45) is 3.87. The van der Waals surface area contributed by atoms with Crippen LogP contribution < -0.4 is 5.73 Å². The minimum atomic E-state index is -1.81.